The molecule has 30 heavy (non-hydrogen) atoms. The van der Waals surface area contributed by atoms with E-state index in [1.54, 1.807) is 6.07 Å². The Morgan fingerprint density at radius 2 is 1.80 bits per heavy atom. The average Bonchev–Trinajstić information content (AvgIpc) is 3.21. The molecule has 4 nitrogen and oxygen atoms in total. The van der Waals surface area contributed by atoms with Crippen LogP contribution in [-0.2, 0) is 4.79 Å². The number of nitrogens with one attached hydrogen (secondary N) is 2. The van der Waals surface area contributed by atoms with Gasteiger partial charge in [-0.25, -0.2) is 4.39 Å². The summed E-state index contributed by atoms with van der Waals surface area (Å²) in [5.74, 6) is -0.552. The Balaban J connectivity index is 1.39. The molecule has 3 aromatic carbocycles. The number of rotatable bonds is 7. The molecule has 0 aromatic heterocycles. The highest BCUT2D eigenvalue weighted by atomic mass is 19.1. The van der Waals surface area contributed by atoms with E-state index in [9.17, 15) is 9.18 Å². The molecule has 156 valence electrons. The molecule has 0 spiro atoms. The molecule has 0 aliphatic heterocycles. The molecule has 1 aliphatic carbocycles. The summed E-state index contributed by atoms with van der Waals surface area (Å²) in [6.07, 6.45) is 3.29. The average molecular weight is 407 g/mol. The Morgan fingerprint density at radius 1 is 1.07 bits per heavy atom. The van der Waals surface area contributed by atoms with Crippen molar-refractivity contribution in [2.75, 3.05) is 11.9 Å². The van der Waals surface area contributed by atoms with E-state index in [4.69, 9.17) is 5.11 Å². The molecule has 0 heterocycles. The number of anilines is 1. The van der Waals surface area contributed by atoms with E-state index in [2.05, 4.69) is 29.7 Å². The number of hydrogen-bond acceptors (Lipinski definition) is 3. The number of carbonyl (C=O) groups is 1. The van der Waals surface area contributed by atoms with E-state index in [0.29, 0.717) is 17.3 Å². The van der Waals surface area contributed by atoms with Crippen LogP contribution in [-0.4, -0.2) is 23.7 Å². The molecule has 0 unspecified atom stereocenters. The maximum atomic E-state index is 14.1. The fourth-order valence-corrected chi connectivity index (χ4v) is 4.59. The van der Waals surface area contributed by atoms with Crippen LogP contribution in [0.5, 0.6) is 0 Å². The van der Waals surface area contributed by atoms with Gasteiger partial charge < -0.3 is 15.7 Å². The Morgan fingerprint density at radius 3 is 2.53 bits per heavy atom. The molecule has 1 saturated carbocycles. The van der Waals surface area contributed by atoms with Crippen LogP contribution in [0.15, 0.2) is 60.7 Å². The van der Waals surface area contributed by atoms with Crippen molar-refractivity contribution in [1.29, 1.82) is 0 Å². The second kappa shape index (κ2) is 8.84. The molecule has 0 radical (unpaired) electrons. The van der Waals surface area contributed by atoms with Crippen molar-refractivity contribution in [3.05, 3.63) is 77.6 Å². The summed E-state index contributed by atoms with van der Waals surface area (Å²) < 4.78 is 14.1. The van der Waals surface area contributed by atoms with Crippen LogP contribution in [0.3, 0.4) is 0 Å². The van der Waals surface area contributed by atoms with Crippen LogP contribution in [0.1, 0.15) is 49.3 Å². The lowest BCUT2D eigenvalue weighted by Crippen LogP contribution is -2.29. The lowest BCUT2D eigenvalue weighted by Gasteiger charge is -2.22. The maximum Gasteiger partial charge on any atom is 0.322 e. The number of fused-ring (bicyclic) bond motifs is 1. The minimum absolute atomic E-state index is 0.0786. The first-order valence-electron chi connectivity index (χ1n) is 10.5. The molecule has 3 N–H and O–H groups in total. The van der Waals surface area contributed by atoms with Gasteiger partial charge in [-0.3, -0.25) is 4.79 Å². The summed E-state index contributed by atoms with van der Waals surface area (Å²) in [7, 11) is 0. The van der Waals surface area contributed by atoms with Gasteiger partial charge in [-0.05, 0) is 66.8 Å². The molecule has 3 atom stereocenters. The number of hydrogen-bond donors (Lipinski definition) is 3. The van der Waals surface area contributed by atoms with Crippen LogP contribution in [0.4, 0.5) is 10.1 Å². The third-order valence-electron chi connectivity index (χ3n) is 6.12. The van der Waals surface area contributed by atoms with Gasteiger partial charge in [-0.2, -0.15) is 0 Å². The summed E-state index contributed by atoms with van der Waals surface area (Å²) in [5.41, 5.74) is 3.25. The summed E-state index contributed by atoms with van der Waals surface area (Å²) in [5, 5.41) is 17.1. The van der Waals surface area contributed by atoms with Crippen molar-refractivity contribution in [1.82, 2.24) is 5.32 Å². The first-order chi connectivity index (χ1) is 14.5. The van der Waals surface area contributed by atoms with Crippen molar-refractivity contribution in [2.24, 2.45) is 0 Å². The van der Waals surface area contributed by atoms with Gasteiger partial charge in [0.2, 0.25) is 0 Å². The molecule has 0 saturated heterocycles. The van der Waals surface area contributed by atoms with Crippen molar-refractivity contribution in [3.8, 4) is 0 Å². The maximum absolute atomic E-state index is 14.1. The van der Waals surface area contributed by atoms with Crippen LogP contribution >= 0.6 is 0 Å². The lowest BCUT2D eigenvalue weighted by molar-refractivity contribution is -0.134. The van der Waals surface area contributed by atoms with E-state index < -0.39 is 5.97 Å². The minimum atomic E-state index is -0.869. The van der Waals surface area contributed by atoms with Crippen molar-refractivity contribution in [3.63, 3.8) is 0 Å². The van der Waals surface area contributed by atoms with E-state index in [1.165, 1.54) is 5.56 Å². The number of benzene rings is 3. The molecular weight excluding hydrogens is 379 g/mol. The summed E-state index contributed by atoms with van der Waals surface area (Å²) >= 11 is 0. The first-order valence-corrected chi connectivity index (χ1v) is 10.5. The molecule has 0 bridgehead atoms. The monoisotopic (exact) mass is 406 g/mol. The standard InChI is InChI=1S/C25H27FN2O2/c1-16(21-12-13-24(26)23-5-3-2-4-22(21)23)28-20-11-8-18(14-20)17-6-9-19(10-7-17)27-15-25(29)30/h2-7,9-10,12-13,16,18,20,27-28H,8,11,14-15H2,1H3,(H,29,30)/t16-,18-,20+/m1/s1. The van der Waals surface area contributed by atoms with Gasteiger partial charge in [0.1, 0.15) is 12.4 Å². The second-order valence-corrected chi connectivity index (χ2v) is 8.15. The zero-order valence-electron chi connectivity index (χ0n) is 17.1. The summed E-state index contributed by atoms with van der Waals surface area (Å²) in [4.78, 5) is 10.7. The quantitative estimate of drug-likeness (QED) is 0.487. The van der Waals surface area contributed by atoms with Gasteiger partial charge in [0.15, 0.2) is 0 Å². The van der Waals surface area contributed by atoms with Crippen LogP contribution < -0.4 is 10.6 Å². The number of carboxylic acids is 1. The Kier molecular flexibility index (Phi) is 6.00. The predicted octanol–water partition coefficient (Wildman–Crippen LogP) is 5.46. The molecular formula is C25H27FN2O2. The van der Waals surface area contributed by atoms with Gasteiger partial charge >= 0.3 is 5.97 Å². The normalized spacial score (nSPS) is 19.7. The SMILES string of the molecule is C[C@@H](N[C@H]1CC[C@@H](c2ccc(NCC(=O)O)cc2)C1)c1ccc(F)c2ccccc12. The molecule has 3 aromatic rings. The zero-order chi connectivity index (χ0) is 21.1. The zero-order valence-corrected chi connectivity index (χ0v) is 17.1. The molecule has 0 amide bonds. The lowest BCUT2D eigenvalue weighted by atomic mass is 9.96. The van der Waals surface area contributed by atoms with Gasteiger partial charge in [0.05, 0.1) is 0 Å². The summed E-state index contributed by atoms with van der Waals surface area (Å²) in [6.45, 7) is 2.07. The van der Waals surface area contributed by atoms with Crippen LogP contribution in [0.25, 0.3) is 10.8 Å². The smallest absolute Gasteiger partial charge is 0.322 e. The van der Waals surface area contributed by atoms with E-state index in [1.807, 2.05) is 42.5 Å². The highest BCUT2D eigenvalue weighted by Crippen LogP contribution is 2.36. The molecule has 4 rings (SSSR count). The Labute approximate surface area is 176 Å². The van der Waals surface area contributed by atoms with Gasteiger partial charge in [0.25, 0.3) is 0 Å². The van der Waals surface area contributed by atoms with E-state index in [0.717, 1.165) is 35.9 Å². The molecule has 5 heteroatoms. The Bertz CT molecular complexity index is 1040. The van der Waals surface area contributed by atoms with E-state index >= 15 is 0 Å². The molecule has 1 fully saturated rings. The topological polar surface area (TPSA) is 61.4 Å². The fraction of sp³-hybridized carbons (Fsp3) is 0.320. The summed E-state index contributed by atoms with van der Waals surface area (Å²) in [6, 6.07) is 19.7. The highest BCUT2D eigenvalue weighted by Gasteiger charge is 2.27. The fourth-order valence-electron chi connectivity index (χ4n) is 4.59. The minimum Gasteiger partial charge on any atom is -0.480 e. The van der Waals surface area contributed by atoms with Crippen LogP contribution in [0.2, 0.25) is 0 Å². The third kappa shape index (κ3) is 4.46. The number of aliphatic carboxylic acids is 1. The van der Waals surface area contributed by atoms with Crippen LogP contribution in [0, 0.1) is 5.82 Å². The number of halogens is 1. The Hall–Kier alpha value is -2.92. The largest absolute Gasteiger partial charge is 0.480 e. The van der Waals surface area contributed by atoms with Crippen molar-refractivity contribution >= 4 is 22.4 Å². The highest BCUT2D eigenvalue weighted by molar-refractivity contribution is 5.86. The van der Waals surface area contributed by atoms with E-state index in [-0.39, 0.29) is 18.4 Å². The third-order valence-corrected chi connectivity index (χ3v) is 6.12. The molecule has 1 aliphatic rings. The van der Waals surface area contributed by atoms with Crippen molar-refractivity contribution in [2.45, 2.75) is 44.2 Å². The first kappa shape index (κ1) is 20.4. The number of carboxylic acid groups (broad SMARTS) is 1. The van der Waals surface area contributed by atoms with Gasteiger partial charge in [-0.1, -0.05) is 42.5 Å². The van der Waals surface area contributed by atoms with Crippen molar-refractivity contribution < 1.29 is 14.3 Å². The van der Waals surface area contributed by atoms with Gasteiger partial charge in [0, 0.05) is 23.2 Å². The predicted molar refractivity (Wildman–Crippen MR) is 118 cm³/mol. The second-order valence-electron chi connectivity index (χ2n) is 8.15. The van der Waals surface area contributed by atoms with Gasteiger partial charge in [-0.15, -0.1) is 0 Å².